The van der Waals surface area contributed by atoms with Crippen molar-refractivity contribution < 1.29 is 0 Å². The van der Waals surface area contributed by atoms with Crippen LogP contribution >= 0.6 is 12.2 Å². The predicted octanol–water partition coefficient (Wildman–Crippen LogP) is 2.35. The summed E-state index contributed by atoms with van der Waals surface area (Å²) in [5.74, 6) is 1.32. The number of anilines is 2. The third kappa shape index (κ3) is 2.33. The Morgan fingerprint density at radius 2 is 2.10 bits per heavy atom. The zero-order valence-electron chi connectivity index (χ0n) is 10.9. The number of para-hydroxylation sites is 1. The summed E-state index contributed by atoms with van der Waals surface area (Å²) in [5.41, 5.74) is 7.38. The number of thiocarbonyl (C=S) groups is 1. The van der Waals surface area contributed by atoms with Crippen molar-refractivity contribution in [1.82, 2.24) is 14.8 Å². The van der Waals surface area contributed by atoms with Gasteiger partial charge in [0.2, 0.25) is 0 Å². The summed E-state index contributed by atoms with van der Waals surface area (Å²) in [5, 5.41) is 8.43. The van der Waals surface area contributed by atoms with Crippen LogP contribution in [0.15, 0.2) is 42.6 Å². The maximum absolute atomic E-state index is 5.79. The summed E-state index contributed by atoms with van der Waals surface area (Å²) < 4.78 is 1.71. The molecule has 6 heteroatoms. The highest BCUT2D eigenvalue weighted by Gasteiger charge is 2.10. The van der Waals surface area contributed by atoms with Gasteiger partial charge in [0, 0.05) is 24.7 Å². The van der Waals surface area contributed by atoms with E-state index in [0.717, 1.165) is 10.9 Å². The Balaban J connectivity index is 2.11. The third-order valence-electron chi connectivity index (χ3n) is 2.95. The number of nitrogens with two attached hydrogens (primary N) is 1. The van der Waals surface area contributed by atoms with Gasteiger partial charge in [-0.05, 0) is 12.1 Å². The Labute approximate surface area is 121 Å². The first-order valence-corrected chi connectivity index (χ1v) is 6.50. The molecule has 0 aliphatic heterocycles. The number of aromatic nitrogens is 3. The van der Waals surface area contributed by atoms with Crippen LogP contribution in [0.1, 0.15) is 5.56 Å². The largest absolute Gasteiger partial charge is 0.389 e. The van der Waals surface area contributed by atoms with Crippen LogP contribution in [0.3, 0.4) is 0 Å². The molecule has 2 aromatic heterocycles. The van der Waals surface area contributed by atoms with Crippen LogP contribution in [0.25, 0.3) is 10.9 Å². The van der Waals surface area contributed by atoms with Crippen LogP contribution in [0.2, 0.25) is 0 Å². The standard InChI is InChI=1S/C14H13N5S/c1-19-7-6-12(18-19)17-14-10(13(15)20)8-9-4-2-3-5-11(9)16-14/h2-8H,1H3,(H2,15,20)(H,16,17,18). The molecule has 3 N–H and O–H groups in total. The van der Waals surface area contributed by atoms with Crippen molar-refractivity contribution in [1.29, 1.82) is 0 Å². The van der Waals surface area contributed by atoms with Gasteiger partial charge in [-0.2, -0.15) is 5.10 Å². The molecule has 0 aliphatic rings. The van der Waals surface area contributed by atoms with E-state index >= 15 is 0 Å². The van der Waals surface area contributed by atoms with Crippen molar-refractivity contribution in [3.8, 4) is 0 Å². The second-order valence-electron chi connectivity index (χ2n) is 4.44. The van der Waals surface area contributed by atoms with Crippen LogP contribution < -0.4 is 11.1 Å². The molecule has 0 saturated carbocycles. The van der Waals surface area contributed by atoms with Gasteiger partial charge in [-0.15, -0.1) is 0 Å². The van der Waals surface area contributed by atoms with Crippen LogP contribution in [0, 0.1) is 0 Å². The van der Waals surface area contributed by atoms with Crippen molar-refractivity contribution in [2.75, 3.05) is 5.32 Å². The fourth-order valence-corrected chi connectivity index (χ4v) is 2.16. The molecule has 0 radical (unpaired) electrons. The summed E-state index contributed by atoms with van der Waals surface area (Å²) in [6, 6.07) is 11.6. The van der Waals surface area contributed by atoms with Gasteiger partial charge in [-0.3, -0.25) is 4.68 Å². The fraction of sp³-hybridized carbons (Fsp3) is 0.0714. The van der Waals surface area contributed by atoms with Crippen LogP contribution in [-0.2, 0) is 7.05 Å². The highest BCUT2D eigenvalue weighted by atomic mass is 32.1. The molecule has 1 aromatic carbocycles. The van der Waals surface area contributed by atoms with Gasteiger partial charge < -0.3 is 11.1 Å². The normalized spacial score (nSPS) is 10.7. The van der Waals surface area contributed by atoms with Crippen LogP contribution in [0.5, 0.6) is 0 Å². The molecule has 0 unspecified atom stereocenters. The van der Waals surface area contributed by atoms with Gasteiger partial charge in [-0.1, -0.05) is 30.4 Å². The molecule has 0 amide bonds. The Kier molecular flexibility index (Phi) is 3.08. The molecule has 3 rings (SSSR count). The lowest BCUT2D eigenvalue weighted by atomic mass is 10.1. The van der Waals surface area contributed by atoms with E-state index < -0.39 is 0 Å². The molecule has 0 fully saturated rings. The summed E-state index contributed by atoms with van der Waals surface area (Å²) in [6.45, 7) is 0. The topological polar surface area (TPSA) is 68.8 Å². The van der Waals surface area contributed by atoms with Crippen molar-refractivity contribution in [3.05, 3.63) is 48.2 Å². The minimum atomic E-state index is 0.307. The Morgan fingerprint density at radius 3 is 2.80 bits per heavy atom. The average Bonchev–Trinajstić information content (AvgIpc) is 2.83. The second kappa shape index (κ2) is 4.90. The molecule has 0 spiro atoms. The first kappa shape index (κ1) is 12.6. The van der Waals surface area contributed by atoms with E-state index in [2.05, 4.69) is 15.4 Å². The van der Waals surface area contributed by atoms with E-state index in [1.165, 1.54) is 0 Å². The van der Waals surface area contributed by atoms with Gasteiger partial charge >= 0.3 is 0 Å². The number of aryl methyl sites for hydroxylation is 1. The first-order chi connectivity index (χ1) is 9.63. The van der Waals surface area contributed by atoms with E-state index in [0.29, 0.717) is 22.2 Å². The molecular weight excluding hydrogens is 270 g/mol. The molecule has 100 valence electrons. The van der Waals surface area contributed by atoms with Crippen molar-refractivity contribution in [2.24, 2.45) is 12.8 Å². The van der Waals surface area contributed by atoms with Crippen molar-refractivity contribution in [2.45, 2.75) is 0 Å². The number of pyridine rings is 1. The van der Waals surface area contributed by atoms with Gasteiger partial charge in [0.1, 0.15) is 10.8 Å². The lowest BCUT2D eigenvalue weighted by Crippen LogP contribution is -2.13. The highest BCUT2D eigenvalue weighted by Crippen LogP contribution is 2.22. The highest BCUT2D eigenvalue weighted by molar-refractivity contribution is 7.80. The van der Waals surface area contributed by atoms with Gasteiger partial charge in [-0.25, -0.2) is 4.98 Å². The fourth-order valence-electron chi connectivity index (χ4n) is 2.00. The maximum Gasteiger partial charge on any atom is 0.153 e. The van der Waals surface area contributed by atoms with Crippen LogP contribution in [0.4, 0.5) is 11.6 Å². The molecule has 0 bridgehead atoms. The maximum atomic E-state index is 5.79. The molecule has 0 aliphatic carbocycles. The molecule has 20 heavy (non-hydrogen) atoms. The monoisotopic (exact) mass is 283 g/mol. The lowest BCUT2D eigenvalue weighted by Gasteiger charge is -2.10. The van der Waals surface area contributed by atoms with Gasteiger partial charge in [0.05, 0.1) is 11.1 Å². The molecular formula is C14H13N5S. The molecule has 2 heterocycles. The number of hydrogen-bond donors (Lipinski definition) is 2. The molecule has 5 nitrogen and oxygen atoms in total. The predicted molar refractivity (Wildman–Crippen MR) is 84.1 cm³/mol. The number of nitrogens with one attached hydrogen (secondary N) is 1. The minimum absolute atomic E-state index is 0.307. The zero-order chi connectivity index (χ0) is 14.1. The first-order valence-electron chi connectivity index (χ1n) is 6.10. The lowest BCUT2D eigenvalue weighted by molar-refractivity contribution is 0.771. The van der Waals surface area contributed by atoms with Crippen LogP contribution in [-0.4, -0.2) is 19.8 Å². The average molecular weight is 283 g/mol. The quantitative estimate of drug-likeness (QED) is 0.722. The summed E-state index contributed by atoms with van der Waals surface area (Å²) in [4.78, 5) is 4.88. The van der Waals surface area contributed by atoms with E-state index in [9.17, 15) is 0 Å². The van der Waals surface area contributed by atoms with Crippen molar-refractivity contribution >= 4 is 39.7 Å². The minimum Gasteiger partial charge on any atom is -0.389 e. The summed E-state index contributed by atoms with van der Waals surface area (Å²) in [6.07, 6.45) is 1.85. The van der Waals surface area contributed by atoms with Gasteiger partial charge in [0.15, 0.2) is 5.82 Å². The zero-order valence-corrected chi connectivity index (χ0v) is 11.7. The number of hydrogen-bond acceptors (Lipinski definition) is 4. The SMILES string of the molecule is Cn1ccc(Nc2nc3ccccc3cc2C(N)=S)n1. The second-order valence-corrected chi connectivity index (χ2v) is 4.88. The van der Waals surface area contributed by atoms with E-state index in [1.807, 2.05) is 49.6 Å². The van der Waals surface area contributed by atoms with E-state index in [-0.39, 0.29) is 0 Å². The molecule has 0 atom stereocenters. The Hall–Kier alpha value is -2.47. The summed E-state index contributed by atoms with van der Waals surface area (Å²) in [7, 11) is 1.85. The summed E-state index contributed by atoms with van der Waals surface area (Å²) >= 11 is 5.11. The van der Waals surface area contributed by atoms with E-state index in [4.69, 9.17) is 18.0 Å². The Bertz CT molecular complexity index is 793. The Morgan fingerprint density at radius 1 is 1.30 bits per heavy atom. The number of rotatable bonds is 3. The number of benzene rings is 1. The van der Waals surface area contributed by atoms with Gasteiger partial charge in [0.25, 0.3) is 0 Å². The van der Waals surface area contributed by atoms with Crippen molar-refractivity contribution in [3.63, 3.8) is 0 Å². The smallest absolute Gasteiger partial charge is 0.153 e. The van der Waals surface area contributed by atoms with E-state index in [1.54, 1.807) is 4.68 Å². The molecule has 3 aromatic rings. The molecule has 0 saturated heterocycles. The third-order valence-corrected chi connectivity index (χ3v) is 3.17. The number of nitrogens with zero attached hydrogens (tertiary/aromatic N) is 3. The number of fused-ring (bicyclic) bond motifs is 1.